The highest BCUT2D eigenvalue weighted by molar-refractivity contribution is 7.17. The molecule has 0 aliphatic heterocycles. The number of phenols is 1. The van der Waals surface area contributed by atoms with Crippen molar-refractivity contribution in [2.75, 3.05) is 0 Å². The van der Waals surface area contributed by atoms with Crippen LogP contribution in [0.5, 0.6) is 5.75 Å². The van der Waals surface area contributed by atoms with Gasteiger partial charge in [0.1, 0.15) is 5.75 Å². The molecule has 1 heterocycles. The first-order chi connectivity index (χ1) is 5.81. The van der Waals surface area contributed by atoms with Gasteiger partial charge in [0.05, 0.1) is 10.4 Å². The van der Waals surface area contributed by atoms with Crippen LogP contribution in [0, 0.1) is 0 Å². The molecule has 0 radical (unpaired) electrons. The number of rotatable bonds is 1. The summed E-state index contributed by atoms with van der Waals surface area (Å²) in [6.07, 6.45) is 0. The molecule has 60 valence electrons. The fourth-order valence-electron chi connectivity index (χ4n) is 1.14. The Balaban J connectivity index is 2.83. The van der Waals surface area contributed by atoms with Gasteiger partial charge in [-0.15, -0.1) is 11.3 Å². The van der Waals surface area contributed by atoms with E-state index in [9.17, 15) is 5.11 Å². The summed E-state index contributed by atoms with van der Waals surface area (Å²) in [4.78, 5) is 3.76. The second kappa shape index (κ2) is 2.60. The van der Waals surface area contributed by atoms with Crippen LogP contribution in [0.15, 0.2) is 28.6 Å². The molecule has 0 amide bonds. The molecule has 1 aromatic heterocycles. The average molecular weight is 177 g/mol. The molecule has 0 aliphatic carbocycles. The predicted molar refractivity (Wildman–Crippen MR) is 52.7 cm³/mol. The molecule has 2 aromatic rings. The highest BCUT2D eigenvalue weighted by Crippen LogP contribution is 2.33. The summed E-state index contributed by atoms with van der Waals surface area (Å²) in [7, 11) is 0. The van der Waals surface area contributed by atoms with E-state index in [0.717, 1.165) is 10.1 Å². The van der Waals surface area contributed by atoms with Gasteiger partial charge < -0.3 is 5.11 Å². The molecule has 1 N–H and O–H groups in total. The zero-order valence-electron chi connectivity index (χ0n) is 6.32. The normalized spacial score (nSPS) is 10.3. The van der Waals surface area contributed by atoms with Gasteiger partial charge in [-0.3, -0.25) is 4.99 Å². The number of benzene rings is 1. The average Bonchev–Trinajstić information content (AvgIpc) is 2.52. The van der Waals surface area contributed by atoms with Crippen LogP contribution in [0.2, 0.25) is 0 Å². The number of nitrogens with zero attached hydrogens (tertiary/aromatic N) is 1. The van der Waals surface area contributed by atoms with Gasteiger partial charge >= 0.3 is 0 Å². The molecular formula is C9H7NOS. The minimum atomic E-state index is 0.282. The Morgan fingerprint density at radius 2 is 2.25 bits per heavy atom. The molecule has 2 nitrogen and oxygen atoms in total. The second-order valence-corrected chi connectivity index (χ2v) is 3.38. The molecule has 0 unspecified atom stereocenters. The summed E-state index contributed by atoms with van der Waals surface area (Å²) >= 11 is 1.52. The number of phenolic OH excluding ortho intramolecular Hbond substituents is 1. The number of thiophene rings is 1. The molecule has 0 atom stereocenters. The second-order valence-electron chi connectivity index (χ2n) is 2.46. The summed E-state index contributed by atoms with van der Waals surface area (Å²) < 4.78 is 0.905. The summed E-state index contributed by atoms with van der Waals surface area (Å²) in [6, 6.07) is 5.47. The lowest BCUT2D eigenvalue weighted by molar-refractivity contribution is 0.483. The van der Waals surface area contributed by atoms with Crippen LogP contribution in [-0.2, 0) is 0 Å². The van der Waals surface area contributed by atoms with Crippen LogP contribution in [0.25, 0.3) is 10.1 Å². The van der Waals surface area contributed by atoms with E-state index in [1.807, 2.05) is 17.5 Å². The minimum absolute atomic E-state index is 0.282. The summed E-state index contributed by atoms with van der Waals surface area (Å²) in [6.45, 7) is 3.41. The molecule has 0 saturated heterocycles. The topological polar surface area (TPSA) is 32.6 Å². The van der Waals surface area contributed by atoms with Crippen LogP contribution < -0.4 is 0 Å². The third-order valence-electron chi connectivity index (χ3n) is 1.70. The third kappa shape index (κ3) is 0.987. The third-order valence-corrected chi connectivity index (χ3v) is 2.65. The van der Waals surface area contributed by atoms with Gasteiger partial charge in [-0.05, 0) is 29.6 Å². The molecule has 0 aliphatic rings. The molecule has 0 fully saturated rings. The maximum Gasteiger partial charge on any atom is 0.135 e. The Hall–Kier alpha value is -1.35. The fraction of sp³-hybridized carbons (Fsp3) is 0. The molecular weight excluding hydrogens is 170 g/mol. The van der Waals surface area contributed by atoms with E-state index in [4.69, 9.17) is 0 Å². The van der Waals surface area contributed by atoms with Crippen LogP contribution >= 0.6 is 11.3 Å². The van der Waals surface area contributed by atoms with Crippen molar-refractivity contribution < 1.29 is 5.11 Å². The van der Waals surface area contributed by atoms with Crippen molar-refractivity contribution >= 4 is 33.8 Å². The molecule has 3 heteroatoms. The van der Waals surface area contributed by atoms with E-state index in [2.05, 4.69) is 11.7 Å². The maximum absolute atomic E-state index is 9.49. The smallest absolute Gasteiger partial charge is 0.135 e. The van der Waals surface area contributed by atoms with Gasteiger partial charge in [-0.1, -0.05) is 0 Å². The van der Waals surface area contributed by atoms with Crippen LogP contribution in [0.1, 0.15) is 0 Å². The van der Waals surface area contributed by atoms with Gasteiger partial charge in [0.15, 0.2) is 0 Å². The Morgan fingerprint density at radius 3 is 3.00 bits per heavy atom. The maximum atomic E-state index is 9.49. The van der Waals surface area contributed by atoms with Crippen LogP contribution in [0.4, 0.5) is 5.69 Å². The van der Waals surface area contributed by atoms with Crippen LogP contribution in [0.3, 0.4) is 0 Å². The fourth-order valence-corrected chi connectivity index (χ4v) is 1.93. The van der Waals surface area contributed by atoms with E-state index in [-0.39, 0.29) is 5.75 Å². The van der Waals surface area contributed by atoms with Crippen molar-refractivity contribution in [1.82, 2.24) is 0 Å². The first kappa shape index (κ1) is 7.31. The monoisotopic (exact) mass is 177 g/mol. The summed E-state index contributed by atoms with van der Waals surface area (Å²) in [5.74, 6) is 0.282. The van der Waals surface area contributed by atoms with Gasteiger partial charge in [-0.25, -0.2) is 0 Å². The van der Waals surface area contributed by atoms with Crippen molar-refractivity contribution in [3.63, 3.8) is 0 Å². The summed E-state index contributed by atoms with van der Waals surface area (Å²) in [5.41, 5.74) is 0.707. The Labute approximate surface area is 73.8 Å². The largest absolute Gasteiger partial charge is 0.506 e. The quantitative estimate of drug-likeness (QED) is 0.667. The Morgan fingerprint density at radius 1 is 1.42 bits per heavy atom. The molecule has 12 heavy (non-hydrogen) atoms. The first-order valence-electron chi connectivity index (χ1n) is 3.48. The SMILES string of the molecule is C=Nc1cc(O)c2sccc2c1. The van der Waals surface area contributed by atoms with Crippen molar-refractivity contribution in [2.24, 2.45) is 4.99 Å². The van der Waals surface area contributed by atoms with Gasteiger partial charge in [0.25, 0.3) is 0 Å². The predicted octanol–water partition coefficient (Wildman–Crippen LogP) is 2.94. The van der Waals surface area contributed by atoms with Crippen molar-refractivity contribution in [2.45, 2.75) is 0 Å². The zero-order valence-corrected chi connectivity index (χ0v) is 7.14. The summed E-state index contributed by atoms with van der Waals surface area (Å²) in [5, 5.41) is 12.5. The van der Waals surface area contributed by atoms with Gasteiger partial charge in [0.2, 0.25) is 0 Å². The van der Waals surface area contributed by atoms with Gasteiger partial charge in [-0.2, -0.15) is 0 Å². The minimum Gasteiger partial charge on any atom is -0.506 e. The van der Waals surface area contributed by atoms with E-state index in [0.29, 0.717) is 5.69 Å². The number of aliphatic imine (C=N–C) groups is 1. The molecule has 0 saturated carbocycles. The number of hydrogen-bond acceptors (Lipinski definition) is 3. The van der Waals surface area contributed by atoms with Crippen molar-refractivity contribution in [3.8, 4) is 5.75 Å². The Bertz CT molecular complexity index is 433. The Kier molecular flexibility index (Phi) is 1.59. The number of hydrogen-bond donors (Lipinski definition) is 1. The highest BCUT2D eigenvalue weighted by Gasteiger charge is 2.02. The molecule has 2 rings (SSSR count). The van der Waals surface area contributed by atoms with Crippen LogP contribution in [-0.4, -0.2) is 11.8 Å². The molecule has 0 bridgehead atoms. The lowest BCUT2D eigenvalue weighted by Gasteiger charge is -1.96. The van der Waals surface area contributed by atoms with E-state index >= 15 is 0 Å². The van der Waals surface area contributed by atoms with E-state index in [1.54, 1.807) is 6.07 Å². The van der Waals surface area contributed by atoms with Gasteiger partial charge in [0, 0.05) is 6.07 Å². The number of aromatic hydroxyl groups is 1. The van der Waals surface area contributed by atoms with E-state index < -0.39 is 0 Å². The standard InChI is InChI=1S/C9H7NOS/c1-10-7-4-6-2-3-12-9(6)8(11)5-7/h2-5,11H,1H2. The lowest BCUT2D eigenvalue weighted by atomic mass is 10.2. The molecule has 0 spiro atoms. The molecule has 1 aromatic carbocycles. The van der Waals surface area contributed by atoms with Crippen molar-refractivity contribution in [1.29, 1.82) is 0 Å². The number of fused-ring (bicyclic) bond motifs is 1. The van der Waals surface area contributed by atoms with E-state index in [1.165, 1.54) is 11.3 Å². The first-order valence-corrected chi connectivity index (χ1v) is 4.36. The van der Waals surface area contributed by atoms with Crippen molar-refractivity contribution in [3.05, 3.63) is 23.6 Å². The zero-order chi connectivity index (χ0) is 8.55. The highest BCUT2D eigenvalue weighted by atomic mass is 32.1. The lowest BCUT2D eigenvalue weighted by Crippen LogP contribution is -1.66.